The first-order valence-corrected chi connectivity index (χ1v) is 8.42. The number of benzene rings is 1. The molecule has 0 saturated carbocycles. The molecular weight excluding hydrogens is 352 g/mol. The number of aromatic nitrogens is 1. The Labute approximate surface area is 146 Å². The molecule has 0 fully saturated rings. The molecule has 1 aromatic heterocycles. The van der Waals surface area contributed by atoms with Gasteiger partial charge in [0.15, 0.2) is 0 Å². The van der Waals surface area contributed by atoms with Gasteiger partial charge in [-0.1, -0.05) is 34.1 Å². The van der Waals surface area contributed by atoms with E-state index in [-0.39, 0.29) is 5.91 Å². The third-order valence-corrected chi connectivity index (χ3v) is 4.18. The van der Waals surface area contributed by atoms with E-state index in [1.165, 1.54) is 0 Å². The molecule has 120 valence electrons. The third kappa shape index (κ3) is 4.52. The van der Waals surface area contributed by atoms with Gasteiger partial charge in [-0.3, -0.25) is 9.78 Å². The van der Waals surface area contributed by atoms with Crippen molar-refractivity contribution in [2.45, 2.75) is 19.8 Å². The lowest BCUT2D eigenvalue weighted by Crippen LogP contribution is -2.28. The second-order valence-electron chi connectivity index (χ2n) is 5.50. The zero-order valence-corrected chi connectivity index (χ0v) is 15.1. The second-order valence-corrected chi connectivity index (χ2v) is 6.41. The highest BCUT2D eigenvalue weighted by molar-refractivity contribution is 9.10. The van der Waals surface area contributed by atoms with Gasteiger partial charge in [0.05, 0.1) is 17.0 Å². The number of carbonyl (C=O) groups is 1. The Balaban J connectivity index is 2.19. The second kappa shape index (κ2) is 8.06. The summed E-state index contributed by atoms with van der Waals surface area (Å²) in [5.74, 6) is 0.0138. The Kier molecular flexibility index (Phi) is 6.11. The zero-order chi connectivity index (χ0) is 16.8. The fraction of sp³-hybridized carbons (Fsp3) is 0.263. The monoisotopic (exact) mass is 372 g/mol. The van der Waals surface area contributed by atoms with Crippen LogP contribution < -0.4 is 0 Å². The van der Waals surface area contributed by atoms with Crippen molar-refractivity contribution in [3.05, 3.63) is 64.8 Å². The van der Waals surface area contributed by atoms with Crippen LogP contribution in [-0.2, 0) is 0 Å². The van der Waals surface area contributed by atoms with Crippen LogP contribution in [0, 0.1) is 6.92 Å². The van der Waals surface area contributed by atoms with Gasteiger partial charge in [-0.05, 0) is 44.0 Å². The van der Waals surface area contributed by atoms with E-state index >= 15 is 0 Å². The fourth-order valence-corrected chi connectivity index (χ4v) is 2.77. The number of carbonyl (C=O) groups excluding carboxylic acids is 1. The summed E-state index contributed by atoms with van der Waals surface area (Å²) in [6.45, 7) is 6.30. The van der Waals surface area contributed by atoms with E-state index in [0.717, 1.165) is 40.8 Å². The molecule has 0 radical (unpaired) electrons. The topological polar surface area (TPSA) is 33.2 Å². The summed E-state index contributed by atoms with van der Waals surface area (Å²) in [4.78, 5) is 18.9. The largest absolute Gasteiger partial charge is 0.342 e. The minimum absolute atomic E-state index is 0.0138. The van der Waals surface area contributed by atoms with Crippen molar-refractivity contribution in [1.82, 2.24) is 9.88 Å². The molecule has 1 heterocycles. The molecule has 2 rings (SSSR count). The summed E-state index contributed by atoms with van der Waals surface area (Å²) in [6.07, 6.45) is 3.71. The molecule has 1 aromatic carbocycles. The first-order valence-electron chi connectivity index (χ1n) is 7.63. The average molecular weight is 373 g/mol. The summed E-state index contributed by atoms with van der Waals surface area (Å²) in [6, 6.07) is 11.7. The SMILES string of the molecule is C=CCCCN(C)C(=O)c1ccc(-c2cccc(Br)c2)nc1C. The predicted molar refractivity (Wildman–Crippen MR) is 98.5 cm³/mol. The van der Waals surface area contributed by atoms with Crippen LogP contribution in [0.2, 0.25) is 0 Å². The van der Waals surface area contributed by atoms with Crippen molar-refractivity contribution in [3.63, 3.8) is 0 Å². The molecule has 0 bridgehead atoms. The number of allylic oxidation sites excluding steroid dienone is 1. The molecule has 4 heteroatoms. The number of unbranched alkanes of at least 4 members (excludes halogenated alkanes) is 1. The molecule has 0 spiro atoms. The Morgan fingerprint density at radius 3 is 2.78 bits per heavy atom. The van der Waals surface area contributed by atoms with E-state index in [0.29, 0.717) is 5.56 Å². The van der Waals surface area contributed by atoms with Gasteiger partial charge in [0, 0.05) is 23.6 Å². The number of amides is 1. The van der Waals surface area contributed by atoms with E-state index in [2.05, 4.69) is 27.5 Å². The lowest BCUT2D eigenvalue weighted by molar-refractivity contribution is 0.0792. The third-order valence-electron chi connectivity index (χ3n) is 3.69. The maximum atomic E-state index is 12.5. The standard InChI is InChI=1S/C19H21BrN2O/c1-4-5-6-12-22(3)19(23)17-10-11-18(21-14(17)2)15-8-7-9-16(20)13-15/h4,7-11,13H,1,5-6,12H2,2-3H3. The van der Waals surface area contributed by atoms with Gasteiger partial charge in [0.2, 0.25) is 0 Å². The van der Waals surface area contributed by atoms with Crippen molar-refractivity contribution in [3.8, 4) is 11.3 Å². The van der Waals surface area contributed by atoms with E-state index in [4.69, 9.17) is 0 Å². The Hall–Kier alpha value is -1.94. The van der Waals surface area contributed by atoms with Gasteiger partial charge in [0.25, 0.3) is 5.91 Å². The van der Waals surface area contributed by atoms with Crippen molar-refractivity contribution in [1.29, 1.82) is 0 Å². The van der Waals surface area contributed by atoms with Crippen LogP contribution in [0.3, 0.4) is 0 Å². The number of pyridine rings is 1. The summed E-state index contributed by atoms with van der Waals surface area (Å²) in [5.41, 5.74) is 3.31. The van der Waals surface area contributed by atoms with Crippen LogP contribution in [-0.4, -0.2) is 29.4 Å². The normalized spacial score (nSPS) is 10.4. The number of hydrogen-bond acceptors (Lipinski definition) is 2. The number of nitrogens with zero attached hydrogens (tertiary/aromatic N) is 2. The summed E-state index contributed by atoms with van der Waals surface area (Å²) in [5, 5.41) is 0. The van der Waals surface area contributed by atoms with Crippen LogP contribution in [0.15, 0.2) is 53.5 Å². The minimum Gasteiger partial charge on any atom is -0.342 e. The molecule has 0 aliphatic rings. The first-order chi connectivity index (χ1) is 11.0. The van der Waals surface area contributed by atoms with Crippen LogP contribution in [0.25, 0.3) is 11.3 Å². The van der Waals surface area contributed by atoms with E-state index in [1.54, 1.807) is 4.90 Å². The fourth-order valence-electron chi connectivity index (χ4n) is 2.38. The van der Waals surface area contributed by atoms with Gasteiger partial charge in [-0.25, -0.2) is 0 Å². The van der Waals surface area contributed by atoms with Gasteiger partial charge < -0.3 is 4.90 Å². The van der Waals surface area contributed by atoms with E-state index in [9.17, 15) is 4.79 Å². The molecule has 1 amide bonds. The predicted octanol–water partition coefficient (Wildman–Crippen LogP) is 4.86. The Bertz CT molecular complexity index is 712. The van der Waals surface area contributed by atoms with Crippen LogP contribution >= 0.6 is 15.9 Å². The Morgan fingerprint density at radius 2 is 2.13 bits per heavy atom. The Morgan fingerprint density at radius 1 is 1.35 bits per heavy atom. The van der Waals surface area contributed by atoms with Gasteiger partial charge in [-0.2, -0.15) is 0 Å². The number of rotatable bonds is 6. The molecule has 0 saturated heterocycles. The van der Waals surface area contributed by atoms with Crippen molar-refractivity contribution in [2.75, 3.05) is 13.6 Å². The smallest absolute Gasteiger partial charge is 0.255 e. The highest BCUT2D eigenvalue weighted by Gasteiger charge is 2.15. The molecule has 0 atom stereocenters. The number of hydrogen-bond donors (Lipinski definition) is 0. The van der Waals surface area contributed by atoms with E-state index in [1.807, 2.05) is 56.4 Å². The van der Waals surface area contributed by atoms with Crippen molar-refractivity contribution in [2.24, 2.45) is 0 Å². The maximum Gasteiger partial charge on any atom is 0.255 e. The van der Waals surface area contributed by atoms with Crippen LogP contribution in [0.4, 0.5) is 0 Å². The molecule has 0 unspecified atom stereocenters. The maximum absolute atomic E-state index is 12.5. The number of halogens is 1. The quantitative estimate of drug-likeness (QED) is 0.535. The summed E-state index contributed by atoms with van der Waals surface area (Å²) < 4.78 is 1.01. The molecular formula is C19H21BrN2O. The van der Waals surface area contributed by atoms with Crippen LogP contribution in [0.5, 0.6) is 0 Å². The highest BCUT2D eigenvalue weighted by Crippen LogP contribution is 2.23. The lowest BCUT2D eigenvalue weighted by atomic mass is 10.1. The van der Waals surface area contributed by atoms with Crippen LogP contribution in [0.1, 0.15) is 28.9 Å². The molecule has 0 aliphatic carbocycles. The number of aryl methyl sites for hydroxylation is 1. The molecule has 2 aromatic rings. The first kappa shape index (κ1) is 17.4. The molecule has 0 aliphatic heterocycles. The lowest BCUT2D eigenvalue weighted by Gasteiger charge is -2.18. The van der Waals surface area contributed by atoms with Gasteiger partial charge >= 0.3 is 0 Å². The van der Waals surface area contributed by atoms with Gasteiger partial charge in [-0.15, -0.1) is 6.58 Å². The summed E-state index contributed by atoms with van der Waals surface area (Å²) >= 11 is 3.47. The van der Waals surface area contributed by atoms with Crippen molar-refractivity contribution >= 4 is 21.8 Å². The van der Waals surface area contributed by atoms with Crippen molar-refractivity contribution < 1.29 is 4.79 Å². The highest BCUT2D eigenvalue weighted by atomic mass is 79.9. The van der Waals surface area contributed by atoms with Gasteiger partial charge in [0.1, 0.15) is 0 Å². The average Bonchev–Trinajstić information content (AvgIpc) is 2.54. The molecule has 3 nitrogen and oxygen atoms in total. The molecule has 23 heavy (non-hydrogen) atoms. The molecule has 0 N–H and O–H groups in total. The summed E-state index contributed by atoms with van der Waals surface area (Å²) in [7, 11) is 1.83. The van der Waals surface area contributed by atoms with E-state index < -0.39 is 0 Å². The zero-order valence-electron chi connectivity index (χ0n) is 13.6. The minimum atomic E-state index is 0.0138.